The van der Waals surface area contributed by atoms with Crippen molar-refractivity contribution in [2.75, 3.05) is 0 Å². The Morgan fingerprint density at radius 1 is 1.26 bits per heavy atom. The van der Waals surface area contributed by atoms with Crippen molar-refractivity contribution in [1.29, 1.82) is 0 Å². The molecule has 19 heavy (non-hydrogen) atoms. The Labute approximate surface area is 113 Å². The molecule has 0 radical (unpaired) electrons. The summed E-state index contributed by atoms with van der Waals surface area (Å²) in [6.45, 7) is 3.70. The molecule has 0 bridgehead atoms. The zero-order valence-corrected chi connectivity index (χ0v) is 11.2. The van der Waals surface area contributed by atoms with E-state index in [1.54, 1.807) is 13.0 Å². The van der Waals surface area contributed by atoms with Crippen LogP contribution in [-0.2, 0) is 11.2 Å². The molecule has 1 aromatic rings. The number of aryl methyl sites for hydroxylation is 1. The maximum absolute atomic E-state index is 12.3. The minimum atomic E-state index is -1.08. The monoisotopic (exact) mass is 256 g/mol. The van der Waals surface area contributed by atoms with Gasteiger partial charge in [-0.15, -0.1) is 0 Å². The Hall–Kier alpha value is -2.08. The lowest BCUT2D eigenvalue weighted by atomic mass is 9.98. The summed E-state index contributed by atoms with van der Waals surface area (Å²) in [7, 11) is 0. The Balaban J connectivity index is 2.37. The van der Waals surface area contributed by atoms with Crippen molar-refractivity contribution in [2.45, 2.75) is 39.2 Å². The first-order chi connectivity index (χ1) is 9.20. The van der Waals surface area contributed by atoms with Crippen LogP contribution < -0.4 is 0 Å². The van der Waals surface area contributed by atoms with Crippen molar-refractivity contribution < 1.29 is 14.3 Å². The van der Waals surface area contributed by atoms with Crippen molar-refractivity contribution in [3.8, 4) is 12.0 Å². The summed E-state index contributed by atoms with van der Waals surface area (Å²) in [5.41, 5.74) is 1.94. The highest BCUT2D eigenvalue weighted by Gasteiger charge is 2.41. The molecule has 0 aromatic heterocycles. The molecular weight excluding hydrogens is 240 g/mol. The number of Topliss-reactive ketones (excluding diaryl/α,β-unsaturated/α-hetero) is 2. The number of benzene rings is 1. The normalized spacial score (nSPS) is 16.8. The third-order valence-electron chi connectivity index (χ3n) is 3.22. The Kier molecular flexibility index (Phi) is 4.01. The van der Waals surface area contributed by atoms with Crippen molar-refractivity contribution >= 4 is 11.6 Å². The molecule has 0 N–H and O–H groups in total. The van der Waals surface area contributed by atoms with E-state index in [-0.39, 0.29) is 11.6 Å². The maximum Gasteiger partial charge on any atom is 0.235 e. The third-order valence-corrected chi connectivity index (χ3v) is 3.22. The van der Waals surface area contributed by atoms with Crippen molar-refractivity contribution in [3.05, 3.63) is 34.9 Å². The summed E-state index contributed by atoms with van der Waals surface area (Å²) < 4.78 is 5.06. The van der Waals surface area contributed by atoms with Crippen LogP contribution in [0.2, 0.25) is 0 Å². The number of ether oxygens (including phenoxy) is 1. The zero-order valence-electron chi connectivity index (χ0n) is 11.2. The molecule has 0 spiro atoms. The van der Waals surface area contributed by atoms with Gasteiger partial charge in [-0.05, 0) is 18.4 Å². The molecule has 1 aromatic carbocycles. The second kappa shape index (κ2) is 5.71. The summed E-state index contributed by atoms with van der Waals surface area (Å²) in [5.74, 6) is 2.00. The van der Waals surface area contributed by atoms with E-state index in [1.165, 1.54) is 0 Å². The van der Waals surface area contributed by atoms with Gasteiger partial charge in [0.05, 0.1) is 0 Å². The van der Waals surface area contributed by atoms with Crippen LogP contribution in [-0.4, -0.2) is 17.7 Å². The minimum absolute atomic E-state index is 0.255. The Morgan fingerprint density at radius 2 is 2.05 bits per heavy atom. The fraction of sp³-hybridized carbons (Fsp3) is 0.375. The van der Waals surface area contributed by atoms with Gasteiger partial charge in [0.25, 0.3) is 0 Å². The summed E-state index contributed by atoms with van der Waals surface area (Å²) in [4.78, 5) is 24.4. The molecule has 0 aliphatic heterocycles. The second-order valence-electron chi connectivity index (χ2n) is 4.52. The fourth-order valence-electron chi connectivity index (χ4n) is 2.29. The van der Waals surface area contributed by atoms with Crippen LogP contribution in [0.3, 0.4) is 0 Å². The van der Waals surface area contributed by atoms with E-state index in [9.17, 15) is 9.59 Å². The first-order valence-electron chi connectivity index (χ1n) is 6.48. The molecule has 0 heterocycles. The smallest absolute Gasteiger partial charge is 0.235 e. The van der Waals surface area contributed by atoms with E-state index < -0.39 is 6.10 Å². The molecule has 0 amide bonds. The highest BCUT2D eigenvalue weighted by atomic mass is 16.5. The summed E-state index contributed by atoms with van der Waals surface area (Å²) in [6, 6.07) is 5.42. The number of fused-ring (bicyclic) bond motifs is 1. The van der Waals surface area contributed by atoms with E-state index in [2.05, 4.69) is 19.0 Å². The highest BCUT2D eigenvalue weighted by molar-refractivity contribution is 6.29. The van der Waals surface area contributed by atoms with Gasteiger partial charge in [-0.1, -0.05) is 37.5 Å². The van der Waals surface area contributed by atoms with Crippen LogP contribution in [0.1, 0.15) is 53.0 Å². The standard InChI is InChI=1S/C16H16O3/c1-3-5-7-11-8-6-9-12-13(11)15(18)16(14(12)17)19-10-4-2/h6,8-9,16H,3,5,7H2,1-2H3. The average Bonchev–Trinajstić information content (AvgIpc) is 2.67. The van der Waals surface area contributed by atoms with Crippen LogP contribution in [0.5, 0.6) is 0 Å². The summed E-state index contributed by atoms with van der Waals surface area (Å²) in [6.07, 6.45) is 4.14. The molecule has 0 saturated heterocycles. The SMILES string of the molecule is CC#COC1C(=O)c2cccc(CCCC)c2C1=O. The second-order valence-corrected chi connectivity index (χ2v) is 4.52. The predicted octanol–water partition coefficient (Wildman–Crippen LogP) is 2.77. The number of ketones is 2. The Bertz CT molecular complexity index is 575. The number of carbonyl (C=O) groups is 2. The molecule has 0 fully saturated rings. The molecule has 3 nitrogen and oxygen atoms in total. The fourth-order valence-corrected chi connectivity index (χ4v) is 2.29. The predicted molar refractivity (Wildman–Crippen MR) is 72.0 cm³/mol. The van der Waals surface area contributed by atoms with E-state index in [4.69, 9.17) is 4.74 Å². The van der Waals surface area contributed by atoms with Crippen LogP contribution in [0.4, 0.5) is 0 Å². The number of carbonyl (C=O) groups excluding carboxylic acids is 2. The van der Waals surface area contributed by atoms with Crippen molar-refractivity contribution in [1.82, 2.24) is 0 Å². The van der Waals surface area contributed by atoms with Gasteiger partial charge < -0.3 is 4.74 Å². The van der Waals surface area contributed by atoms with Gasteiger partial charge in [0.1, 0.15) is 6.11 Å². The zero-order chi connectivity index (χ0) is 13.8. The molecule has 1 aliphatic carbocycles. The van der Waals surface area contributed by atoms with E-state index in [1.807, 2.05) is 12.1 Å². The van der Waals surface area contributed by atoms with Gasteiger partial charge in [-0.25, -0.2) is 0 Å². The van der Waals surface area contributed by atoms with Crippen molar-refractivity contribution in [2.24, 2.45) is 0 Å². The maximum atomic E-state index is 12.3. The van der Waals surface area contributed by atoms with Gasteiger partial charge in [-0.2, -0.15) is 0 Å². The average molecular weight is 256 g/mol. The van der Waals surface area contributed by atoms with Gasteiger partial charge in [0, 0.05) is 18.1 Å². The summed E-state index contributed by atoms with van der Waals surface area (Å²) >= 11 is 0. The number of hydrogen-bond donors (Lipinski definition) is 0. The molecule has 98 valence electrons. The van der Waals surface area contributed by atoms with Crippen LogP contribution in [0.15, 0.2) is 18.2 Å². The van der Waals surface area contributed by atoms with Gasteiger partial charge in [0.2, 0.25) is 17.7 Å². The number of unbranched alkanes of at least 4 members (excludes halogenated alkanes) is 1. The topological polar surface area (TPSA) is 43.4 Å². The molecule has 2 rings (SSSR count). The van der Waals surface area contributed by atoms with Crippen LogP contribution >= 0.6 is 0 Å². The van der Waals surface area contributed by atoms with E-state index in [0.29, 0.717) is 11.1 Å². The van der Waals surface area contributed by atoms with Crippen molar-refractivity contribution in [3.63, 3.8) is 0 Å². The van der Waals surface area contributed by atoms with Gasteiger partial charge >= 0.3 is 0 Å². The van der Waals surface area contributed by atoms with Crippen LogP contribution in [0, 0.1) is 12.0 Å². The summed E-state index contributed by atoms with van der Waals surface area (Å²) in [5, 5.41) is 0. The highest BCUT2D eigenvalue weighted by Crippen LogP contribution is 2.28. The molecule has 1 aliphatic rings. The van der Waals surface area contributed by atoms with E-state index in [0.717, 1.165) is 24.8 Å². The lowest BCUT2D eigenvalue weighted by molar-refractivity contribution is 0.0658. The first kappa shape index (κ1) is 13.4. The molecular formula is C16H16O3. The van der Waals surface area contributed by atoms with Gasteiger partial charge in [0.15, 0.2) is 0 Å². The van der Waals surface area contributed by atoms with E-state index >= 15 is 0 Å². The van der Waals surface area contributed by atoms with Gasteiger partial charge in [-0.3, -0.25) is 9.59 Å². The largest absolute Gasteiger partial charge is 0.426 e. The third kappa shape index (κ3) is 2.39. The molecule has 1 atom stereocenters. The number of hydrogen-bond acceptors (Lipinski definition) is 3. The minimum Gasteiger partial charge on any atom is -0.426 e. The van der Waals surface area contributed by atoms with Crippen LogP contribution in [0.25, 0.3) is 0 Å². The lowest BCUT2D eigenvalue weighted by Crippen LogP contribution is -2.24. The molecule has 1 unspecified atom stereocenters. The molecule has 0 saturated carbocycles. The first-order valence-corrected chi connectivity index (χ1v) is 6.48. The number of rotatable bonds is 4. The molecule has 3 heteroatoms. The quantitative estimate of drug-likeness (QED) is 0.614. The Morgan fingerprint density at radius 3 is 2.74 bits per heavy atom. The lowest BCUT2D eigenvalue weighted by Gasteiger charge is -2.05.